The molecule has 8 nitrogen and oxygen atoms in total. The molecule has 1 amide bonds. The summed E-state index contributed by atoms with van der Waals surface area (Å²) in [6.07, 6.45) is 3.73. The fourth-order valence-electron chi connectivity index (χ4n) is 4.70. The van der Waals surface area contributed by atoms with Crippen molar-refractivity contribution >= 4 is 34.8 Å². The molecule has 0 saturated heterocycles. The van der Waals surface area contributed by atoms with Crippen LogP contribution in [0.25, 0.3) is 0 Å². The quantitative estimate of drug-likeness (QED) is 0.497. The summed E-state index contributed by atoms with van der Waals surface area (Å²) in [6, 6.07) is 16.0. The van der Waals surface area contributed by atoms with Crippen molar-refractivity contribution in [3.63, 3.8) is 0 Å². The van der Waals surface area contributed by atoms with Gasteiger partial charge in [0.1, 0.15) is 5.69 Å². The number of ether oxygens (including phenoxy) is 2. The first-order chi connectivity index (χ1) is 18.4. The molecule has 4 heterocycles. The number of nitrogens with one attached hydrogen (secondary N) is 1. The Balaban J connectivity index is 0.000000278. The lowest BCUT2D eigenvalue weighted by molar-refractivity contribution is -0.119. The summed E-state index contributed by atoms with van der Waals surface area (Å²) < 4.78 is 10.7. The minimum atomic E-state index is -0.0708. The summed E-state index contributed by atoms with van der Waals surface area (Å²) in [5.41, 5.74) is 6.26. The molecule has 3 aliphatic rings. The third kappa shape index (κ3) is 5.67. The lowest BCUT2D eigenvalue weighted by atomic mass is 10.0. The number of amides is 1. The number of likely N-dealkylation sites (N-methyl/N-ethyl adjacent to an activating group) is 1. The number of benzene rings is 2. The van der Waals surface area contributed by atoms with E-state index >= 15 is 0 Å². The average molecular weight is 531 g/mol. The minimum Gasteiger partial charge on any atom is -0.454 e. The second-order valence-corrected chi connectivity index (χ2v) is 10.9. The molecule has 9 heteroatoms. The monoisotopic (exact) mass is 530 g/mol. The first kappa shape index (κ1) is 25.8. The molecule has 196 valence electrons. The van der Waals surface area contributed by atoms with Crippen molar-refractivity contribution in [3.8, 4) is 11.5 Å². The van der Waals surface area contributed by atoms with Crippen LogP contribution in [0.3, 0.4) is 0 Å². The number of carbonyl (C=O) groups is 2. The smallest absolute Gasteiger partial charge is 0.231 e. The molecular weight excluding hydrogens is 500 g/mol. The molecule has 0 aliphatic carbocycles. The first-order valence-electron chi connectivity index (χ1n) is 12.5. The fourth-order valence-corrected chi connectivity index (χ4v) is 5.75. The van der Waals surface area contributed by atoms with Crippen LogP contribution < -0.4 is 19.7 Å². The Labute approximate surface area is 226 Å². The van der Waals surface area contributed by atoms with Gasteiger partial charge in [0.25, 0.3) is 0 Å². The van der Waals surface area contributed by atoms with Crippen LogP contribution in [0, 0.1) is 6.92 Å². The molecule has 0 radical (unpaired) electrons. The normalized spacial score (nSPS) is 18.8. The number of aliphatic imine (C=N–C) groups is 1. The van der Waals surface area contributed by atoms with Gasteiger partial charge in [0.15, 0.2) is 23.0 Å². The van der Waals surface area contributed by atoms with Crippen molar-refractivity contribution in [2.24, 2.45) is 4.99 Å². The Morgan fingerprint density at radius 2 is 2.03 bits per heavy atom. The van der Waals surface area contributed by atoms with E-state index in [2.05, 4.69) is 47.4 Å². The van der Waals surface area contributed by atoms with Gasteiger partial charge >= 0.3 is 0 Å². The summed E-state index contributed by atoms with van der Waals surface area (Å²) in [4.78, 5) is 33.6. The van der Waals surface area contributed by atoms with Crippen LogP contribution >= 0.6 is 11.8 Å². The standard InChI is InChI=1S/C22H23N3O3S.C7H7NO/c1-13-21(16-4-5-17-15(11-16)7-8-25(17)2)24-22(29-13)23-20(26)10-14-3-6-18-19(9-14)28-12-27-18;1-6-3-2-4-8-7(6)5-9/h3-6,9,11,13,21H,7-8,10,12H2,1-2H3,(H,23,24,26);2-5H,1H3. The van der Waals surface area contributed by atoms with Gasteiger partial charge in [0, 0.05) is 30.7 Å². The van der Waals surface area contributed by atoms with Crippen LogP contribution in [0.5, 0.6) is 11.5 Å². The lowest BCUT2D eigenvalue weighted by Crippen LogP contribution is -2.29. The van der Waals surface area contributed by atoms with E-state index in [-0.39, 0.29) is 30.4 Å². The molecule has 2 atom stereocenters. The van der Waals surface area contributed by atoms with E-state index in [1.54, 1.807) is 18.0 Å². The van der Waals surface area contributed by atoms with Crippen LogP contribution in [-0.4, -0.2) is 48.0 Å². The zero-order valence-electron chi connectivity index (χ0n) is 21.6. The lowest BCUT2D eigenvalue weighted by Gasteiger charge is -2.15. The highest BCUT2D eigenvalue weighted by Gasteiger charge is 2.30. The van der Waals surface area contributed by atoms with Crippen molar-refractivity contribution in [2.45, 2.75) is 38.0 Å². The molecule has 6 rings (SSSR count). The zero-order valence-corrected chi connectivity index (χ0v) is 22.5. The Kier molecular flexibility index (Phi) is 7.64. The van der Waals surface area contributed by atoms with Crippen LogP contribution in [0.4, 0.5) is 5.69 Å². The number of hydrogen-bond acceptors (Lipinski definition) is 8. The number of thioether (sulfide) groups is 1. The van der Waals surface area contributed by atoms with Crippen LogP contribution in [0.15, 0.2) is 59.7 Å². The van der Waals surface area contributed by atoms with Crippen LogP contribution in [-0.2, 0) is 17.6 Å². The minimum absolute atomic E-state index is 0.0667. The van der Waals surface area contributed by atoms with Crippen LogP contribution in [0.2, 0.25) is 0 Å². The molecule has 1 N–H and O–H groups in total. The highest BCUT2D eigenvalue weighted by Crippen LogP contribution is 2.39. The molecule has 3 aromatic rings. The van der Waals surface area contributed by atoms with Gasteiger partial charge in [0.2, 0.25) is 12.7 Å². The van der Waals surface area contributed by atoms with E-state index in [0.717, 1.165) is 36.1 Å². The van der Waals surface area contributed by atoms with Gasteiger partial charge in [-0.2, -0.15) is 0 Å². The largest absolute Gasteiger partial charge is 0.454 e. The highest BCUT2D eigenvalue weighted by atomic mass is 32.2. The third-order valence-corrected chi connectivity index (χ3v) is 7.84. The predicted octanol–water partition coefficient (Wildman–Crippen LogP) is 4.50. The molecule has 0 fully saturated rings. The van der Waals surface area contributed by atoms with Gasteiger partial charge in [-0.3, -0.25) is 19.6 Å². The SMILES string of the molecule is CC1SC(NC(=O)Cc2ccc3c(c2)OCO3)=NC1c1ccc2c(c1)CCN2C.Cc1cccnc1C=O. The molecule has 1 aromatic heterocycles. The Morgan fingerprint density at radius 1 is 1.18 bits per heavy atom. The van der Waals surface area contributed by atoms with E-state index in [0.29, 0.717) is 16.6 Å². The Bertz CT molecular complexity index is 1390. The maximum atomic E-state index is 12.5. The maximum absolute atomic E-state index is 12.5. The molecule has 0 bridgehead atoms. The van der Waals surface area contributed by atoms with E-state index < -0.39 is 0 Å². The van der Waals surface area contributed by atoms with E-state index in [1.807, 2.05) is 37.3 Å². The molecule has 3 aliphatic heterocycles. The van der Waals surface area contributed by atoms with Crippen molar-refractivity contribution in [1.29, 1.82) is 0 Å². The summed E-state index contributed by atoms with van der Waals surface area (Å²) in [5, 5.41) is 3.96. The van der Waals surface area contributed by atoms with E-state index in [9.17, 15) is 9.59 Å². The number of rotatable bonds is 4. The number of aldehydes is 1. The summed E-state index contributed by atoms with van der Waals surface area (Å²) in [7, 11) is 2.13. The zero-order chi connectivity index (χ0) is 26.6. The van der Waals surface area contributed by atoms with Gasteiger partial charge in [0.05, 0.1) is 12.5 Å². The maximum Gasteiger partial charge on any atom is 0.231 e. The summed E-state index contributed by atoms with van der Waals surface area (Å²) >= 11 is 1.62. The summed E-state index contributed by atoms with van der Waals surface area (Å²) in [5.74, 6) is 1.35. The Morgan fingerprint density at radius 3 is 2.82 bits per heavy atom. The second kappa shape index (κ2) is 11.3. The van der Waals surface area contributed by atoms with Crippen molar-refractivity contribution < 1.29 is 19.1 Å². The predicted molar refractivity (Wildman–Crippen MR) is 149 cm³/mol. The van der Waals surface area contributed by atoms with Crippen molar-refractivity contribution in [3.05, 3.63) is 82.7 Å². The topological polar surface area (TPSA) is 93.1 Å². The number of anilines is 1. The fraction of sp³-hybridized carbons (Fsp3) is 0.310. The molecule has 38 heavy (non-hydrogen) atoms. The van der Waals surface area contributed by atoms with Gasteiger partial charge in [-0.1, -0.05) is 43.0 Å². The number of aryl methyl sites for hydroxylation is 1. The molecule has 0 saturated carbocycles. The van der Waals surface area contributed by atoms with Crippen molar-refractivity contribution in [1.82, 2.24) is 10.3 Å². The number of fused-ring (bicyclic) bond motifs is 2. The molecule has 0 spiro atoms. The second-order valence-electron chi connectivity index (χ2n) is 9.50. The van der Waals surface area contributed by atoms with Gasteiger partial charge < -0.3 is 19.7 Å². The Hall–Kier alpha value is -3.85. The third-order valence-electron chi connectivity index (χ3n) is 6.78. The molecule has 2 aromatic carbocycles. The van der Waals surface area contributed by atoms with E-state index in [1.165, 1.54) is 16.8 Å². The number of carbonyl (C=O) groups excluding carboxylic acids is 2. The van der Waals surface area contributed by atoms with Gasteiger partial charge in [-0.25, -0.2) is 0 Å². The number of pyridine rings is 1. The summed E-state index contributed by atoms with van der Waals surface area (Å²) in [6.45, 7) is 5.32. The first-order valence-corrected chi connectivity index (χ1v) is 13.4. The number of hydrogen-bond donors (Lipinski definition) is 1. The van der Waals surface area contributed by atoms with E-state index in [4.69, 9.17) is 14.5 Å². The van der Waals surface area contributed by atoms with Gasteiger partial charge in [-0.05, 0) is 59.9 Å². The highest BCUT2D eigenvalue weighted by molar-refractivity contribution is 8.14. The molecule has 2 unspecified atom stereocenters. The van der Waals surface area contributed by atoms with Crippen molar-refractivity contribution in [2.75, 3.05) is 25.3 Å². The van der Waals surface area contributed by atoms with Gasteiger partial charge in [-0.15, -0.1) is 0 Å². The molecular formula is C29H30N4O4S. The number of nitrogens with zero attached hydrogens (tertiary/aromatic N) is 3. The number of aromatic nitrogens is 1. The van der Waals surface area contributed by atoms with Crippen LogP contribution in [0.1, 0.15) is 45.7 Å². The number of amidine groups is 1. The average Bonchev–Trinajstić information content (AvgIpc) is 3.63.